The molecule has 1 aromatic heterocycles. The molecule has 0 saturated heterocycles. The van der Waals surface area contributed by atoms with Gasteiger partial charge in [0.25, 0.3) is 5.91 Å². The Hall–Kier alpha value is -3.28. The molecule has 1 aliphatic heterocycles. The third-order valence-electron chi connectivity index (χ3n) is 4.08. The van der Waals surface area contributed by atoms with E-state index in [1.807, 2.05) is 0 Å². The van der Waals surface area contributed by atoms with Gasteiger partial charge in [0.2, 0.25) is 21.9 Å². The molecule has 28 heavy (non-hydrogen) atoms. The number of aliphatic imine (C=N–C) groups is 1. The molecule has 0 radical (unpaired) electrons. The number of halogens is 1. The summed E-state index contributed by atoms with van der Waals surface area (Å²) in [6.45, 7) is 0. The highest BCUT2D eigenvalue weighted by atomic mass is 32.2. The number of carbonyl (C=O) groups is 1. The number of benzene rings is 1. The zero-order valence-corrected chi connectivity index (χ0v) is 15.8. The van der Waals surface area contributed by atoms with Gasteiger partial charge in [-0.1, -0.05) is 0 Å². The van der Waals surface area contributed by atoms with Crippen molar-refractivity contribution in [3.8, 4) is 5.88 Å². The van der Waals surface area contributed by atoms with Gasteiger partial charge in [-0.3, -0.25) is 4.79 Å². The zero-order valence-electron chi connectivity index (χ0n) is 15.0. The highest BCUT2D eigenvalue weighted by Gasteiger charge is 2.32. The van der Waals surface area contributed by atoms with E-state index >= 15 is 0 Å². The fraction of sp³-hybridized carbons (Fsp3) is 0.250. The molecular weight excluding hydrogens is 391 g/mol. The lowest BCUT2D eigenvalue weighted by atomic mass is 10.1. The summed E-state index contributed by atoms with van der Waals surface area (Å²) >= 11 is 0. The normalized spacial score (nSPS) is 18.3. The average Bonchev–Trinajstić information content (AvgIpc) is 2.67. The number of anilines is 1. The fourth-order valence-corrected chi connectivity index (χ4v) is 3.71. The second-order valence-electron chi connectivity index (χ2n) is 5.88. The summed E-state index contributed by atoms with van der Waals surface area (Å²) in [5.41, 5.74) is 5.89. The third kappa shape index (κ3) is 3.86. The number of rotatable bonds is 4. The number of ether oxygens (including phenoxy) is 1. The Bertz CT molecular complexity index is 1040. The molecule has 0 aliphatic carbocycles. The van der Waals surface area contributed by atoms with Crippen molar-refractivity contribution in [2.24, 2.45) is 10.7 Å². The molecule has 1 atom stereocenters. The molecule has 0 bridgehead atoms. The number of guanidine groups is 1. The molecule has 3 N–H and O–H groups in total. The van der Waals surface area contributed by atoms with Gasteiger partial charge in [-0.2, -0.15) is 0 Å². The lowest BCUT2D eigenvalue weighted by Crippen LogP contribution is -2.45. The molecule has 12 heteroatoms. The van der Waals surface area contributed by atoms with E-state index in [9.17, 15) is 17.6 Å². The average molecular weight is 408 g/mol. The second kappa shape index (κ2) is 7.38. The Morgan fingerprint density at radius 3 is 2.71 bits per heavy atom. The lowest BCUT2D eigenvalue weighted by molar-refractivity contribution is 0.102. The van der Waals surface area contributed by atoms with Crippen LogP contribution in [0.4, 0.5) is 10.1 Å². The van der Waals surface area contributed by atoms with Crippen LogP contribution in [0, 0.1) is 5.82 Å². The first kappa shape index (κ1) is 19.5. The van der Waals surface area contributed by atoms with Gasteiger partial charge in [0.15, 0.2) is 0 Å². The van der Waals surface area contributed by atoms with Gasteiger partial charge in [0, 0.05) is 18.3 Å². The Morgan fingerprint density at radius 2 is 2.11 bits per heavy atom. The van der Waals surface area contributed by atoms with E-state index in [0.717, 1.165) is 10.4 Å². The van der Waals surface area contributed by atoms with Gasteiger partial charge < -0.3 is 15.8 Å². The number of nitrogens with one attached hydrogen (secondary N) is 1. The number of carbonyl (C=O) groups excluding carboxylic acids is 1. The van der Waals surface area contributed by atoms with Crippen molar-refractivity contribution in [1.82, 2.24) is 14.3 Å². The Labute approximate surface area is 160 Å². The maximum absolute atomic E-state index is 14.3. The largest absolute Gasteiger partial charge is 0.480 e. The maximum atomic E-state index is 14.3. The van der Waals surface area contributed by atoms with Crippen LogP contribution in [0.25, 0.3) is 0 Å². The molecule has 0 spiro atoms. The molecule has 1 aliphatic rings. The van der Waals surface area contributed by atoms with Crippen molar-refractivity contribution in [2.75, 3.05) is 25.2 Å². The zero-order chi connectivity index (χ0) is 20.5. The molecule has 1 amide bonds. The topological polar surface area (TPSA) is 140 Å². The van der Waals surface area contributed by atoms with E-state index in [-0.39, 0.29) is 28.8 Å². The van der Waals surface area contributed by atoms with Gasteiger partial charge >= 0.3 is 0 Å². The Kier molecular flexibility index (Phi) is 5.14. The lowest BCUT2D eigenvalue weighted by Gasteiger charge is -2.27. The maximum Gasteiger partial charge on any atom is 0.275 e. The second-order valence-corrected chi connectivity index (χ2v) is 7.93. The minimum absolute atomic E-state index is 0.00163. The van der Waals surface area contributed by atoms with E-state index in [1.54, 1.807) is 0 Å². The summed E-state index contributed by atoms with van der Waals surface area (Å²) in [6, 6.07) is 2.73. The first-order valence-electron chi connectivity index (χ1n) is 7.98. The van der Waals surface area contributed by atoms with Gasteiger partial charge in [-0.15, -0.1) is 0 Å². The van der Waals surface area contributed by atoms with Crippen molar-refractivity contribution in [2.45, 2.75) is 6.04 Å². The Morgan fingerprint density at radius 1 is 1.36 bits per heavy atom. The summed E-state index contributed by atoms with van der Waals surface area (Å²) in [5.74, 6) is -1.67. The van der Waals surface area contributed by atoms with E-state index in [1.165, 1.54) is 38.7 Å². The van der Waals surface area contributed by atoms with Crippen molar-refractivity contribution in [3.05, 3.63) is 47.7 Å². The van der Waals surface area contributed by atoms with Crippen LogP contribution in [0.3, 0.4) is 0 Å². The smallest absolute Gasteiger partial charge is 0.275 e. The molecule has 0 unspecified atom stereocenters. The number of sulfonamides is 1. The first-order chi connectivity index (χ1) is 13.2. The first-order valence-corrected chi connectivity index (χ1v) is 9.59. The van der Waals surface area contributed by atoms with E-state index < -0.39 is 33.5 Å². The van der Waals surface area contributed by atoms with Crippen LogP contribution in [0.15, 0.2) is 35.6 Å². The highest BCUT2D eigenvalue weighted by molar-refractivity contribution is 7.89. The summed E-state index contributed by atoms with van der Waals surface area (Å²) in [5, 5.41) is 2.55. The summed E-state index contributed by atoms with van der Waals surface area (Å²) < 4.78 is 44.3. The van der Waals surface area contributed by atoms with Crippen LogP contribution in [-0.4, -0.2) is 54.5 Å². The molecule has 3 rings (SSSR count). The van der Waals surface area contributed by atoms with Crippen LogP contribution >= 0.6 is 0 Å². The molecule has 10 nitrogen and oxygen atoms in total. The molecule has 0 fully saturated rings. The van der Waals surface area contributed by atoms with Gasteiger partial charge in [-0.25, -0.2) is 32.1 Å². The number of hydrogen-bond acceptors (Lipinski definition) is 8. The molecular formula is C16H17FN6O4S. The van der Waals surface area contributed by atoms with Crippen LogP contribution in [0.1, 0.15) is 22.1 Å². The van der Waals surface area contributed by atoms with Crippen LogP contribution in [-0.2, 0) is 10.0 Å². The third-order valence-corrected chi connectivity index (χ3v) is 5.84. The predicted octanol–water partition coefficient (Wildman–Crippen LogP) is 0.508. The van der Waals surface area contributed by atoms with Crippen LogP contribution in [0.2, 0.25) is 0 Å². The minimum Gasteiger partial charge on any atom is -0.480 e. The van der Waals surface area contributed by atoms with Crippen molar-refractivity contribution >= 4 is 27.6 Å². The van der Waals surface area contributed by atoms with E-state index in [2.05, 4.69) is 20.3 Å². The van der Waals surface area contributed by atoms with E-state index in [4.69, 9.17) is 10.5 Å². The fourth-order valence-electron chi connectivity index (χ4n) is 2.50. The SMILES string of the molecule is COc1cnc(C(=O)Nc2ccc(F)c([C@@H]3CS(=O)(=O)N(C)C(N)=N3)c2)cn1. The Balaban J connectivity index is 1.86. The summed E-state index contributed by atoms with van der Waals surface area (Å²) in [4.78, 5) is 24.1. The number of amides is 1. The standard InChI is InChI=1S/C16H17FN6O4S/c1-23-16(18)22-13(8-28(23,25)26)10-5-9(3-4-11(10)17)21-15(24)12-6-20-14(27-2)7-19-12/h3-7,13H,8H2,1-2H3,(H2,18,22)(H,21,24)/t13-/m0/s1. The van der Waals surface area contributed by atoms with Gasteiger partial charge in [-0.05, 0) is 18.2 Å². The number of methoxy groups -OCH3 is 1. The molecule has 2 heterocycles. The molecule has 148 valence electrons. The number of nitrogens with zero attached hydrogens (tertiary/aromatic N) is 4. The highest BCUT2D eigenvalue weighted by Crippen LogP contribution is 2.29. The van der Waals surface area contributed by atoms with E-state index in [0.29, 0.717) is 0 Å². The monoisotopic (exact) mass is 408 g/mol. The molecule has 0 saturated carbocycles. The summed E-state index contributed by atoms with van der Waals surface area (Å²) in [7, 11) is -1.03. The minimum atomic E-state index is -3.72. The number of hydrogen-bond donors (Lipinski definition) is 2. The number of nitrogens with two attached hydrogens (primary N) is 1. The van der Waals surface area contributed by atoms with Crippen LogP contribution < -0.4 is 15.8 Å². The van der Waals surface area contributed by atoms with Gasteiger partial charge in [0.1, 0.15) is 11.5 Å². The predicted molar refractivity (Wildman–Crippen MR) is 98.9 cm³/mol. The number of aromatic nitrogens is 2. The quantitative estimate of drug-likeness (QED) is 0.751. The van der Waals surface area contributed by atoms with Crippen LogP contribution in [0.5, 0.6) is 5.88 Å². The van der Waals surface area contributed by atoms with Crippen molar-refractivity contribution in [1.29, 1.82) is 0 Å². The van der Waals surface area contributed by atoms with Gasteiger partial charge in [0.05, 0.1) is 31.3 Å². The van der Waals surface area contributed by atoms with Crippen molar-refractivity contribution in [3.63, 3.8) is 0 Å². The summed E-state index contributed by atoms with van der Waals surface area (Å²) in [6.07, 6.45) is 2.51. The van der Waals surface area contributed by atoms with Crippen molar-refractivity contribution < 1.29 is 22.3 Å². The molecule has 2 aromatic rings. The molecule has 1 aromatic carbocycles.